The summed E-state index contributed by atoms with van der Waals surface area (Å²) >= 11 is 4.23. The summed E-state index contributed by atoms with van der Waals surface area (Å²) in [4.78, 5) is 14.8. The van der Waals surface area contributed by atoms with Crippen LogP contribution < -0.4 is 9.64 Å². The van der Waals surface area contributed by atoms with Crippen LogP contribution in [0.15, 0.2) is 53.4 Å². The van der Waals surface area contributed by atoms with E-state index in [0.29, 0.717) is 6.42 Å². The maximum Gasteiger partial charge on any atom is 0.231 e. The van der Waals surface area contributed by atoms with Gasteiger partial charge in [-0.15, -0.1) is 12.6 Å². The molecule has 0 aliphatic heterocycles. The Bertz CT molecular complexity index is 596. The molecule has 0 atom stereocenters. The number of likely N-dealkylation sites (N-methyl/N-ethyl adjacent to an activating group) is 1. The van der Waals surface area contributed by atoms with Crippen LogP contribution in [0.3, 0.4) is 0 Å². The molecule has 4 heteroatoms. The summed E-state index contributed by atoms with van der Waals surface area (Å²) in [5, 5.41) is 0. The summed E-state index contributed by atoms with van der Waals surface area (Å²) in [6, 6.07) is 15.1. The van der Waals surface area contributed by atoms with Crippen molar-refractivity contribution in [1.29, 1.82) is 0 Å². The van der Waals surface area contributed by atoms with Crippen LogP contribution in [0.4, 0.5) is 5.69 Å². The summed E-state index contributed by atoms with van der Waals surface area (Å²) in [6.45, 7) is 0. The highest BCUT2D eigenvalue weighted by molar-refractivity contribution is 7.80. The summed E-state index contributed by atoms with van der Waals surface area (Å²) in [7, 11) is 3.38. The van der Waals surface area contributed by atoms with Crippen LogP contribution in [0.2, 0.25) is 0 Å². The molecule has 2 aromatic rings. The number of amides is 1. The number of hydrogen-bond donors (Lipinski definition) is 1. The zero-order valence-electron chi connectivity index (χ0n) is 11.5. The highest BCUT2D eigenvalue weighted by Gasteiger charge is 2.12. The first-order valence-electron chi connectivity index (χ1n) is 6.28. The summed E-state index contributed by atoms with van der Waals surface area (Å²) in [5.74, 6) is 0.770. The van der Waals surface area contributed by atoms with Crippen LogP contribution in [-0.2, 0) is 11.2 Å². The van der Waals surface area contributed by atoms with Gasteiger partial charge in [0.05, 0.1) is 13.5 Å². The first kappa shape index (κ1) is 14.5. The molecule has 3 nitrogen and oxygen atoms in total. The molecule has 20 heavy (non-hydrogen) atoms. The molecule has 104 valence electrons. The third kappa shape index (κ3) is 3.54. The highest BCUT2D eigenvalue weighted by Crippen LogP contribution is 2.20. The van der Waals surface area contributed by atoms with Crippen molar-refractivity contribution in [2.75, 3.05) is 19.1 Å². The second-order valence-corrected chi connectivity index (χ2v) is 5.01. The Morgan fingerprint density at radius 3 is 2.55 bits per heavy atom. The van der Waals surface area contributed by atoms with E-state index in [2.05, 4.69) is 12.6 Å². The number of anilines is 1. The molecule has 0 radical (unpaired) electrons. The zero-order chi connectivity index (χ0) is 14.5. The van der Waals surface area contributed by atoms with E-state index in [0.717, 1.165) is 21.9 Å². The SMILES string of the molecule is COc1cccc(N(C)C(=O)Cc2ccc(S)cc2)c1. The molecule has 0 saturated heterocycles. The predicted octanol–water partition coefficient (Wildman–Crippen LogP) is 3.19. The highest BCUT2D eigenvalue weighted by atomic mass is 32.1. The Balaban J connectivity index is 2.09. The minimum atomic E-state index is 0.0326. The van der Waals surface area contributed by atoms with Gasteiger partial charge in [0.1, 0.15) is 5.75 Å². The van der Waals surface area contributed by atoms with Gasteiger partial charge in [0.25, 0.3) is 0 Å². The Labute approximate surface area is 124 Å². The third-order valence-electron chi connectivity index (χ3n) is 3.11. The third-order valence-corrected chi connectivity index (χ3v) is 3.40. The minimum absolute atomic E-state index is 0.0326. The Morgan fingerprint density at radius 1 is 1.20 bits per heavy atom. The zero-order valence-corrected chi connectivity index (χ0v) is 12.4. The monoisotopic (exact) mass is 287 g/mol. The molecule has 0 fully saturated rings. The van der Waals surface area contributed by atoms with Gasteiger partial charge in [0.2, 0.25) is 5.91 Å². The number of benzene rings is 2. The predicted molar refractivity (Wildman–Crippen MR) is 83.8 cm³/mol. The van der Waals surface area contributed by atoms with E-state index in [4.69, 9.17) is 4.74 Å². The molecule has 0 bridgehead atoms. The van der Waals surface area contributed by atoms with E-state index in [1.54, 1.807) is 19.1 Å². The van der Waals surface area contributed by atoms with Crippen molar-refractivity contribution < 1.29 is 9.53 Å². The largest absolute Gasteiger partial charge is 0.497 e. The van der Waals surface area contributed by atoms with E-state index in [1.165, 1.54) is 0 Å². The van der Waals surface area contributed by atoms with Crippen LogP contribution in [0, 0.1) is 0 Å². The first-order chi connectivity index (χ1) is 9.60. The molecule has 0 unspecified atom stereocenters. The van der Waals surface area contributed by atoms with E-state index in [1.807, 2.05) is 48.5 Å². The lowest BCUT2D eigenvalue weighted by Crippen LogP contribution is -2.27. The molecule has 0 aromatic heterocycles. The van der Waals surface area contributed by atoms with E-state index >= 15 is 0 Å². The summed E-state index contributed by atoms with van der Waals surface area (Å²) < 4.78 is 5.17. The molecule has 2 rings (SSSR count). The number of nitrogens with zero attached hydrogens (tertiary/aromatic N) is 1. The summed E-state index contributed by atoms with van der Waals surface area (Å²) in [6.07, 6.45) is 0.363. The lowest BCUT2D eigenvalue weighted by molar-refractivity contribution is -0.117. The van der Waals surface area contributed by atoms with Crippen molar-refractivity contribution in [3.63, 3.8) is 0 Å². The average molecular weight is 287 g/mol. The van der Waals surface area contributed by atoms with Gasteiger partial charge in [-0.25, -0.2) is 0 Å². The van der Waals surface area contributed by atoms with E-state index in [9.17, 15) is 4.79 Å². The van der Waals surface area contributed by atoms with Crippen LogP contribution in [0.25, 0.3) is 0 Å². The van der Waals surface area contributed by atoms with E-state index in [-0.39, 0.29) is 5.91 Å². The van der Waals surface area contributed by atoms with Gasteiger partial charge in [-0.3, -0.25) is 4.79 Å². The topological polar surface area (TPSA) is 29.5 Å². The fourth-order valence-corrected chi connectivity index (χ4v) is 2.02. The molecule has 2 aromatic carbocycles. The van der Waals surface area contributed by atoms with Crippen molar-refractivity contribution >= 4 is 24.2 Å². The fraction of sp³-hybridized carbons (Fsp3) is 0.188. The Hall–Kier alpha value is -1.94. The van der Waals surface area contributed by atoms with Crippen LogP contribution in [0.5, 0.6) is 5.75 Å². The number of carbonyl (C=O) groups is 1. The maximum absolute atomic E-state index is 12.3. The van der Waals surface area contributed by atoms with Crippen molar-refractivity contribution in [3.05, 3.63) is 54.1 Å². The second kappa shape index (κ2) is 6.48. The van der Waals surface area contributed by atoms with Crippen LogP contribution in [-0.4, -0.2) is 20.1 Å². The van der Waals surface area contributed by atoms with Gasteiger partial charge >= 0.3 is 0 Å². The van der Waals surface area contributed by atoms with Gasteiger partial charge < -0.3 is 9.64 Å². The first-order valence-corrected chi connectivity index (χ1v) is 6.73. The lowest BCUT2D eigenvalue weighted by Gasteiger charge is -2.18. The lowest BCUT2D eigenvalue weighted by atomic mass is 10.1. The van der Waals surface area contributed by atoms with E-state index < -0.39 is 0 Å². The number of thiol groups is 1. The standard InChI is InChI=1S/C16H17NO2S/c1-17(13-4-3-5-14(11-13)19-2)16(18)10-12-6-8-15(20)9-7-12/h3-9,11,20H,10H2,1-2H3. The van der Waals surface area contributed by atoms with Gasteiger partial charge in [-0.2, -0.15) is 0 Å². The Kier molecular flexibility index (Phi) is 4.69. The second-order valence-electron chi connectivity index (χ2n) is 4.50. The van der Waals surface area contributed by atoms with Crippen molar-refractivity contribution in [2.24, 2.45) is 0 Å². The molecule has 0 spiro atoms. The number of rotatable bonds is 4. The number of ether oxygens (including phenoxy) is 1. The van der Waals surface area contributed by atoms with Crippen LogP contribution in [0.1, 0.15) is 5.56 Å². The number of hydrogen-bond acceptors (Lipinski definition) is 3. The maximum atomic E-state index is 12.3. The molecule has 0 aliphatic carbocycles. The van der Waals surface area contributed by atoms with Crippen molar-refractivity contribution in [2.45, 2.75) is 11.3 Å². The van der Waals surface area contributed by atoms with Gasteiger partial charge in [0.15, 0.2) is 0 Å². The number of carbonyl (C=O) groups excluding carboxylic acids is 1. The number of methoxy groups -OCH3 is 1. The van der Waals surface area contributed by atoms with Gasteiger partial charge in [-0.1, -0.05) is 18.2 Å². The van der Waals surface area contributed by atoms with Crippen molar-refractivity contribution in [1.82, 2.24) is 0 Å². The quantitative estimate of drug-likeness (QED) is 0.875. The van der Waals surface area contributed by atoms with Crippen LogP contribution >= 0.6 is 12.6 Å². The van der Waals surface area contributed by atoms with Gasteiger partial charge in [0, 0.05) is 23.7 Å². The molecular weight excluding hydrogens is 270 g/mol. The molecule has 0 N–H and O–H groups in total. The normalized spacial score (nSPS) is 10.2. The molecular formula is C16H17NO2S. The molecule has 0 saturated carbocycles. The molecule has 1 amide bonds. The molecule has 0 aliphatic rings. The average Bonchev–Trinajstić information content (AvgIpc) is 2.48. The van der Waals surface area contributed by atoms with Crippen molar-refractivity contribution in [3.8, 4) is 5.75 Å². The fourth-order valence-electron chi connectivity index (χ4n) is 1.87. The minimum Gasteiger partial charge on any atom is -0.497 e. The molecule has 0 heterocycles. The summed E-state index contributed by atoms with van der Waals surface area (Å²) in [5.41, 5.74) is 1.79. The smallest absolute Gasteiger partial charge is 0.231 e. The Morgan fingerprint density at radius 2 is 1.90 bits per heavy atom. The van der Waals surface area contributed by atoms with Gasteiger partial charge in [-0.05, 0) is 29.8 Å².